The molecular weight excluding hydrogens is 773 g/mol. The highest BCUT2D eigenvalue weighted by Gasteiger charge is 2.24. The highest BCUT2D eigenvalue weighted by Crippen LogP contribution is 2.44. The van der Waals surface area contributed by atoms with Crippen LogP contribution in [0.1, 0.15) is 22.9 Å². The normalized spacial score (nSPS) is 14.2. The van der Waals surface area contributed by atoms with Gasteiger partial charge in [0.2, 0.25) is 0 Å². The maximum absolute atomic E-state index is 6.94. The Morgan fingerprint density at radius 3 is 1.92 bits per heavy atom. The number of furan rings is 2. The Bertz CT molecular complexity index is 3840. The van der Waals surface area contributed by atoms with Gasteiger partial charge >= 0.3 is 0 Å². The van der Waals surface area contributed by atoms with Crippen LogP contribution in [0.25, 0.3) is 93.6 Å². The average molecular weight is 809 g/mol. The predicted octanol–water partition coefficient (Wildman–Crippen LogP) is 14.4. The lowest BCUT2D eigenvalue weighted by Gasteiger charge is -2.23. The van der Waals surface area contributed by atoms with Gasteiger partial charge in [-0.05, 0) is 65.2 Å². The smallest absolute Gasteiger partial charge is 0.159 e. The molecular formula is C57H36N4O2. The molecule has 0 fully saturated rings. The Kier molecular flexibility index (Phi) is 7.87. The minimum Gasteiger partial charge on any atom is -0.456 e. The van der Waals surface area contributed by atoms with Crippen molar-refractivity contribution >= 4 is 77.4 Å². The zero-order valence-corrected chi connectivity index (χ0v) is 33.9. The maximum Gasteiger partial charge on any atom is 0.159 e. The number of amidine groups is 2. The molecule has 1 unspecified atom stereocenters. The van der Waals surface area contributed by atoms with Gasteiger partial charge in [-0.1, -0.05) is 158 Å². The first kappa shape index (κ1) is 35.3. The SMILES string of the molecule is c1ccc(C2=NC(c3ccc4c(c3)oc3c(-c5ccccc5-c5cccc6c5c5ccccc5n6-c5ccccc5)cccc34)=NC(c3ccc4c(c3)oc3ccccc34)N2)cc1. The second-order valence-corrected chi connectivity index (χ2v) is 16.1. The first-order valence-electron chi connectivity index (χ1n) is 21.3. The summed E-state index contributed by atoms with van der Waals surface area (Å²) in [5, 5.41) is 10.3. The zero-order chi connectivity index (χ0) is 41.4. The van der Waals surface area contributed by atoms with Crippen LogP contribution < -0.4 is 5.32 Å². The highest BCUT2D eigenvalue weighted by molar-refractivity contribution is 6.19. The number of fused-ring (bicyclic) bond motifs is 9. The van der Waals surface area contributed by atoms with E-state index in [4.69, 9.17) is 18.8 Å². The van der Waals surface area contributed by atoms with E-state index in [1.807, 2.05) is 36.4 Å². The lowest BCUT2D eigenvalue weighted by atomic mass is 9.91. The van der Waals surface area contributed by atoms with Crippen LogP contribution in [0, 0.1) is 0 Å². The average Bonchev–Trinajstić information content (AvgIpc) is 4.03. The number of nitrogens with zero attached hydrogens (tertiary/aromatic N) is 3. The van der Waals surface area contributed by atoms with E-state index in [0.717, 1.165) is 88.8 Å². The third-order valence-electron chi connectivity index (χ3n) is 12.5. The molecule has 13 rings (SSSR count). The van der Waals surface area contributed by atoms with Crippen LogP contribution in [0.2, 0.25) is 0 Å². The summed E-state index contributed by atoms with van der Waals surface area (Å²) in [5.74, 6) is 1.37. The molecule has 0 saturated carbocycles. The van der Waals surface area contributed by atoms with Gasteiger partial charge in [0.25, 0.3) is 0 Å². The number of hydrogen-bond donors (Lipinski definition) is 1. The van der Waals surface area contributed by atoms with Crippen LogP contribution in [0.15, 0.2) is 225 Å². The van der Waals surface area contributed by atoms with Crippen LogP contribution in [0.3, 0.4) is 0 Å². The Morgan fingerprint density at radius 2 is 1.05 bits per heavy atom. The lowest BCUT2D eigenvalue weighted by molar-refractivity contribution is 0.655. The molecule has 9 aromatic carbocycles. The van der Waals surface area contributed by atoms with Crippen LogP contribution in [-0.4, -0.2) is 16.2 Å². The molecule has 4 heterocycles. The summed E-state index contributed by atoms with van der Waals surface area (Å²) in [5.41, 5.74) is 14.1. The van der Waals surface area contributed by atoms with E-state index in [1.165, 1.54) is 27.4 Å². The van der Waals surface area contributed by atoms with E-state index in [-0.39, 0.29) is 0 Å². The molecule has 0 spiro atoms. The minimum atomic E-state index is -0.397. The van der Waals surface area contributed by atoms with Crippen LogP contribution in [-0.2, 0) is 0 Å². The number of rotatable bonds is 6. The first-order valence-corrected chi connectivity index (χ1v) is 21.3. The van der Waals surface area contributed by atoms with E-state index < -0.39 is 6.17 Å². The molecule has 6 nitrogen and oxygen atoms in total. The van der Waals surface area contributed by atoms with Gasteiger partial charge in [0, 0.05) is 60.3 Å². The third-order valence-corrected chi connectivity index (χ3v) is 12.5. The Balaban J connectivity index is 0.942. The molecule has 6 heteroatoms. The Labute approximate surface area is 361 Å². The molecule has 0 bridgehead atoms. The van der Waals surface area contributed by atoms with E-state index in [1.54, 1.807) is 0 Å². The van der Waals surface area contributed by atoms with Crippen LogP contribution in [0.5, 0.6) is 0 Å². The second-order valence-electron chi connectivity index (χ2n) is 16.1. The lowest BCUT2D eigenvalue weighted by Crippen LogP contribution is -2.33. The summed E-state index contributed by atoms with van der Waals surface area (Å²) in [6, 6.07) is 72.2. The standard InChI is InChI=1S/C57H36N4O2/c1-3-15-35(16-4-1)55-58-56(36-29-31-42-41-21-10-12-28-50(41)62-51(42)33-36)60-57(59-55)37-30-32-43-46-25-13-24-45(54(46)63-52(43)34-37)40-20-8-7-19-39(40)44-23-14-27-49-53(44)47-22-9-11-26-48(47)61(49)38-17-5-2-6-18-38/h1-34,56H,(H,58,59,60). The Morgan fingerprint density at radius 1 is 0.429 bits per heavy atom. The maximum atomic E-state index is 6.94. The van der Waals surface area contributed by atoms with Gasteiger partial charge in [-0.15, -0.1) is 0 Å². The third kappa shape index (κ3) is 5.65. The Hall–Kier alpha value is -8.48. The van der Waals surface area contributed by atoms with Gasteiger partial charge in [-0.25, -0.2) is 9.98 Å². The molecule has 296 valence electrons. The van der Waals surface area contributed by atoms with E-state index >= 15 is 0 Å². The number of para-hydroxylation sites is 4. The molecule has 1 aliphatic rings. The summed E-state index contributed by atoms with van der Waals surface area (Å²) >= 11 is 0. The van der Waals surface area contributed by atoms with Gasteiger partial charge in [0.05, 0.1) is 11.0 Å². The van der Waals surface area contributed by atoms with Crippen molar-refractivity contribution in [3.63, 3.8) is 0 Å². The van der Waals surface area contributed by atoms with E-state index in [9.17, 15) is 0 Å². The number of aromatic nitrogens is 1. The van der Waals surface area contributed by atoms with Crippen LogP contribution in [0.4, 0.5) is 0 Å². The number of hydrogen-bond acceptors (Lipinski definition) is 5. The van der Waals surface area contributed by atoms with E-state index in [0.29, 0.717) is 5.84 Å². The molecule has 1 aliphatic heterocycles. The van der Waals surface area contributed by atoms with Gasteiger partial charge < -0.3 is 18.7 Å². The monoisotopic (exact) mass is 808 g/mol. The van der Waals surface area contributed by atoms with Gasteiger partial charge in [-0.2, -0.15) is 0 Å². The zero-order valence-electron chi connectivity index (χ0n) is 33.9. The predicted molar refractivity (Wildman–Crippen MR) is 258 cm³/mol. The van der Waals surface area contributed by atoms with Gasteiger partial charge in [0.1, 0.15) is 34.3 Å². The largest absolute Gasteiger partial charge is 0.456 e. The summed E-state index contributed by atoms with van der Waals surface area (Å²) in [7, 11) is 0. The molecule has 3 aromatic heterocycles. The fraction of sp³-hybridized carbons (Fsp3) is 0.0175. The number of aliphatic imine (C=N–C) groups is 2. The molecule has 1 N–H and O–H groups in total. The minimum absolute atomic E-state index is 0.397. The molecule has 1 atom stereocenters. The van der Waals surface area contributed by atoms with Crippen molar-refractivity contribution in [2.45, 2.75) is 6.17 Å². The summed E-state index contributed by atoms with van der Waals surface area (Å²) < 4.78 is 15.6. The first-order chi connectivity index (χ1) is 31.2. The fourth-order valence-corrected chi connectivity index (χ4v) is 9.61. The topological polar surface area (TPSA) is 68.0 Å². The molecule has 0 amide bonds. The highest BCUT2D eigenvalue weighted by atomic mass is 16.3. The second kappa shape index (κ2) is 14.0. The molecule has 63 heavy (non-hydrogen) atoms. The van der Waals surface area contributed by atoms with Gasteiger partial charge in [-0.3, -0.25) is 0 Å². The molecule has 12 aromatic rings. The van der Waals surface area contributed by atoms with Crippen molar-refractivity contribution in [1.82, 2.24) is 9.88 Å². The van der Waals surface area contributed by atoms with Gasteiger partial charge in [0.15, 0.2) is 5.84 Å². The molecule has 0 aliphatic carbocycles. The van der Waals surface area contributed by atoms with Crippen LogP contribution >= 0.6 is 0 Å². The summed E-state index contributed by atoms with van der Waals surface area (Å²) in [4.78, 5) is 10.4. The van der Waals surface area contributed by atoms with Crippen molar-refractivity contribution in [2.75, 3.05) is 0 Å². The number of benzene rings is 9. The molecule has 0 saturated heterocycles. The summed E-state index contributed by atoms with van der Waals surface area (Å²) in [6.45, 7) is 0. The van der Waals surface area contributed by atoms with E-state index in [2.05, 4.69) is 180 Å². The quantitative estimate of drug-likeness (QED) is 0.182. The van der Waals surface area contributed by atoms with Crippen molar-refractivity contribution in [2.24, 2.45) is 9.98 Å². The van der Waals surface area contributed by atoms with Crippen molar-refractivity contribution < 1.29 is 8.83 Å². The van der Waals surface area contributed by atoms with Crippen molar-refractivity contribution in [1.29, 1.82) is 0 Å². The van der Waals surface area contributed by atoms with Crippen molar-refractivity contribution in [3.05, 3.63) is 223 Å². The summed E-state index contributed by atoms with van der Waals surface area (Å²) in [6.07, 6.45) is -0.397. The van der Waals surface area contributed by atoms with Crippen molar-refractivity contribution in [3.8, 4) is 27.9 Å². The molecule has 0 radical (unpaired) electrons. The fourth-order valence-electron chi connectivity index (χ4n) is 9.61. The number of nitrogens with one attached hydrogen (secondary N) is 1.